The van der Waals surface area contributed by atoms with Gasteiger partial charge in [-0.2, -0.15) is 5.26 Å². The monoisotopic (exact) mass is 215 g/mol. The van der Waals surface area contributed by atoms with Gasteiger partial charge >= 0.3 is 0 Å². The molecule has 1 unspecified atom stereocenters. The Bertz CT molecular complexity index is 377. The SMILES string of the molecule is Cc1ccc(N2CCNC(CC#N)C2)cc1. The van der Waals surface area contributed by atoms with Crippen LogP contribution in [0.2, 0.25) is 0 Å². The molecule has 0 radical (unpaired) electrons. The minimum Gasteiger partial charge on any atom is -0.369 e. The molecule has 3 heteroatoms. The van der Waals surface area contributed by atoms with Gasteiger partial charge in [0.05, 0.1) is 12.5 Å². The van der Waals surface area contributed by atoms with E-state index in [9.17, 15) is 0 Å². The highest BCUT2D eigenvalue weighted by atomic mass is 15.2. The molecule has 2 rings (SSSR count). The average molecular weight is 215 g/mol. The van der Waals surface area contributed by atoms with Crippen molar-refractivity contribution in [3.05, 3.63) is 29.8 Å². The lowest BCUT2D eigenvalue weighted by molar-refractivity contribution is 0.463. The summed E-state index contributed by atoms with van der Waals surface area (Å²) in [4.78, 5) is 2.35. The van der Waals surface area contributed by atoms with Gasteiger partial charge in [-0.05, 0) is 19.1 Å². The molecule has 0 saturated carbocycles. The first-order chi connectivity index (χ1) is 7.79. The van der Waals surface area contributed by atoms with Crippen molar-refractivity contribution in [3.63, 3.8) is 0 Å². The van der Waals surface area contributed by atoms with Crippen molar-refractivity contribution < 1.29 is 0 Å². The maximum Gasteiger partial charge on any atom is 0.0638 e. The van der Waals surface area contributed by atoms with E-state index in [1.165, 1.54) is 11.3 Å². The van der Waals surface area contributed by atoms with E-state index in [-0.39, 0.29) is 0 Å². The normalized spacial score (nSPS) is 20.5. The number of anilines is 1. The van der Waals surface area contributed by atoms with Crippen molar-refractivity contribution in [3.8, 4) is 6.07 Å². The van der Waals surface area contributed by atoms with Gasteiger partial charge in [0.15, 0.2) is 0 Å². The van der Waals surface area contributed by atoms with Crippen LogP contribution in [0, 0.1) is 18.3 Å². The smallest absolute Gasteiger partial charge is 0.0638 e. The number of nitrogens with one attached hydrogen (secondary N) is 1. The van der Waals surface area contributed by atoms with Crippen LogP contribution in [-0.4, -0.2) is 25.7 Å². The summed E-state index contributed by atoms with van der Waals surface area (Å²) in [5.41, 5.74) is 2.54. The Morgan fingerprint density at radius 2 is 2.19 bits per heavy atom. The molecule has 1 heterocycles. The lowest BCUT2D eigenvalue weighted by Crippen LogP contribution is -2.50. The van der Waals surface area contributed by atoms with E-state index in [0.29, 0.717) is 12.5 Å². The minimum absolute atomic E-state index is 0.306. The molecular weight excluding hydrogens is 198 g/mol. The summed E-state index contributed by atoms with van der Waals surface area (Å²) in [6.07, 6.45) is 0.586. The Kier molecular flexibility index (Phi) is 3.43. The fourth-order valence-electron chi connectivity index (χ4n) is 2.06. The van der Waals surface area contributed by atoms with Crippen LogP contribution in [0.5, 0.6) is 0 Å². The fourth-order valence-corrected chi connectivity index (χ4v) is 2.06. The van der Waals surface area contributed by atoms with Crippen molar-refractivity contribution >= 4 is 5.69 Å². The van der Waals surface area contributed by atoms with Crippen LogP contribution in [0.3, 0.4) is 0 Å². The number of nitrogens with zero attached hydrogens (tertiary/aromatic N) is 2. The zero-order valence-corrected chi connectivity index (χ0v) is 9.61. The standard InChI is InChI=1S/C13H17N3/c1-11-2-4-13(5-3-11)16-9-8-15-12(10-16)6-7-14/h2-5,12,15H,6,8-10H2,1H3. The highest BCUT2D eigenvalue weighted by Crippen LogP contribution is 2.17. The molecule has 0 amide bonds. The van der Waals surface area contributed by atoms with Crippen LogP contribution in [0.4, 0.5) is 5.69 Å². The Labute approximate surface area is 96.7 Å². The largest absolute Gasteiger partial charge is 0.369 e. The lowest BCUT2D eigenvalue weighted by Gasteiger charge is -2.34. The first-order valence-electron chi connectivity index (χ1n) is 5.71. The Balaban J connectivity index is 2.04. The highest BCUT2D eigenvalue weighted by Gasteiger charge is 2.18. The number of rotatable bonds is 2. The van der Waals surface area contributed by atoms with Gasteiger partial charge in [-0.1, -0.05) is 17.7 Å². The first-order valence-corrected chi connectivity index (χ1v) is 5.71. The molecule has 1 saturated heterocycles. The molecule has 1 fully saturated rings. The zero-order chi connectivity index (χ0) is 11.4. The second-order valence-corrected chi connectivity index (χ2v) is 4.29. The molecule has 84 valence electrons. The summed E-state index contributed by atoms with van der Waals surface area (Å²) < 4.78 is 0. The van der Waals surface area contributed by atoms with E-state index in [2.05, 4.69) is 47.5 Å². The number of benzene rings is 1. The molecule has 1 aromatic carbocycles. The van der Waals surface area contributed by atoms with Gasteiger partial charge in [0.1, 0.15) is 0 Å². The van der Waals surface area contributed by atoms with E-state index < -0.39 is 0 Å². The number of hydrogen-bond donors (Lipinski definition) is 1. The molecule has 0 aromatic heterocycles. The third kappa shape index (κ3) is 2.53. The molecule has 1 aliphatic heterocycles. The second kappa shape index (κ2) is 5.00. The van der Waals surface area contributed by atoms with E-state index in [1.807, 2.05) is 0 Å². The van der Waals surface area contributed by atoms with Crippen molar-refractivity contribution in [2.45, 2.75) is 19.4 Å². The first kappa shape index (κ1) is 11.0. The zero-order valence-electron chi connectivity index (χ0n) is 9.61. The predicted molar refractivity (Wildman–Crippen MR) is 65.4 cm³/mol. The summed E-state index contributed by atoms with van der Waals surface area (Å²) in [7, 11) is 0. The van der Waals surface area contributed by atoms with Crippen molar-refractivity contribution in [1.82, 2.24) is 5.32 Å². The Hall–Kier alpha value is -1.53. The molecule has 0 aliphatic carbocycles. The maximum absolute atomic E-state index is 8.70. The fraction of sp³-hybridized carbons (Fsp3) is 0.462. The molecule has 1 N–H and O–H groups in total. The topological polar surface area (TPSA) is 39.1 Å². The summed E-state index contributed by atoms with van der Waals surface area (Å²) in [6.45, 7) is 5.00. The van der Waals surface area contributed by atoms with Crippen LogP contribution < -0.4 is 10.2 Å². The number of piperazine rings is 1. The summed E-state index contributed by atoms with van der Waals surface area (Å²) in [6, 6.07) is 11.1. The van der Waals surface area contributed by atoms with E-state index in [4.69, 9.17) is 5.26 Å². The van der Waals surface area contributed by atoms with Crippen molar-refractivity contribution in [1.29, 1.82) is 5.26 Å². The molecule has 1 atom stereocenters. The van der Waals surface area contributed by atoms with Gasteiger partial charge in [0.2, 0.25) is 0 Å². The van der Waals surface area contributed by atoms with Crippen molar-refractivity contribution in [2.24, 2.45) is 0 Å². The second-order valence-electron chi connectivity index (χ2n) is 4.29. The molecule has 1 aliphatic rings. The molecule has 1 aromatic rings. The Morgan fingerprint density at radius 3 is 2.88 bits per heavy atom. The molecule has 0 bridgehead atoms. The maximum atomic E-state index is 8.70. The van der Waals surface area contributed by atoms with Gasteiger partial charge < -0.3 is 10.2 Å². The third-order valence-corrected chi connectivity index (χ3v) is 2.99. The van der Waals surface area contributed by atoms with Gasteiger partial charge in [0.25, 0.3) is 0 Å². The van der Waals surface area contributed by atoms with E-state index >= 15 is 0 Å². The van der Waals surface area contributed by atoms with Gasteiger partial charge in [-0.15, -0.1) is 0 Å². The van der Waals surface area contributed by atoms with Gasteiger partial charge in [0, 0.05) is 31.4 Å². The predicted octanol–water partition coefficient (Wildman–Crippen LogP) is 1.69. The van der Waals surface area contributed by atoms with Crippen LogP contribution in [-0.2, 0) is 0 Å². The molecule has 3 nitrogen and oxygen atoms in total. The lowest BCUT2D eigenvalue weighted by atomic mass is 10.1. The van der Waals surface area contributed by atoms with Gasteiger partial charge in [-0.25, -0.2) is 0 Å². The minimum atomic E-state index is 0.306. The number of hydrogen-bond acceptors (Lipinski definition) is 3. The third-order valence-electron chi connectivity index (χ3n) is 2.99. The van der Waals surface area contributed by atoms with E-state index in [0.717, 1.165) is 19.6 Å². The van der Waals surface area contributed by atoms with Gasteiger partial charge in [-0.3, -0.25) is 0 Å². The number of nitriles is 1. The van der Waals surface area contributed by atoms with Crippen molar-refractivity contribution in [2.75, 3.05) is 24.5 Å². The van der Waals surface area contributed by atoms with E-state index in [1.54, 1.807) is 0 Å². The average Bonchev–Trinajstić information content (AvgIpc) is 2.31. The summed E-state index contributed by atoms with van der Waals surface area (Å²) in [5, 5.41) is 12.1. The molecule has 0 spiro atoms. The molecule has 16 heavy (non-hydrogen) atoms. The van der Waals surface area contributed by atoms with Crippen LogP contribution in [0.15, 0.2) is 24.3 Å². The highest BCUT2D eigenvalue weighted by molar-refractivity contribution is 5.48. The summed E-state index contributed by atoms with van der Waals surface area (Å²) >= 11 is 0. The number of aryl methyl sites for hydroxylation is 1. The van der Waals surface area contributed by atoms with Crippen LogP contribution in [0.1, 0.15) is 12.0 Å². The van der Waals surface area contributed by atoms with Crippen LogP contribution in [0.25, 0.3) is 0 Å². The summed E-state index contributed by atoms with van der Waals surface area (Å²) in [5.74, 6) is 0. The molecular formula is C13H17N3. The Morgan fingerprint density at radius 1 is 1.44 bits per heavy atom. The van der Waals surface area contributed by atoms with Crippen LogP contribution >= 0.6 is 0 Å². The quantitative estimate of drug-likeness (QED) is 0.816.